The normalized spacial score (nSPS) is 10.3. The highest BCUT2D eigenvalue weighted by atomic mass is 16.6. The van der Waals surface area contributed by atoms with E-state index < -0.39 is 4.92 Å². The summed E-state index contributed by atoms with van der Waals surface area (Å²) >= 11 is 0. The molecule has 0 fully saturated rings. The summed E-state index contributed by atoms with van der Waals surface area (Å²) in [7, 11) is 0. The summed E-state index contributed by atoms with van der Waals surface area (Å²) in [5, 5.41) is 14.2. The maximum absolute atomic E-state index is 11.0. The Morgan fingerprint density at radius 2 is 2.25 bits per heavy atom. The molecule has 0 bridgehead atoms. The van der Waals surface area contributed by atoms with Gasteiger partial charge in [-0.05, 0) is 18.1 Å². The number of unbranched alkanes of at least 4 members (excludes halogenated alkanes) is 1. The number of rotatable bonds is 8. The number of ether oxygens (including phenoxy) is 1. The van der Waals surface area contributed by atoms with Gasteiger partial charge in [-0.1, -0.05) is 19.9 Å². The summed E-state index contributed by atoms with van der Waals surface area (Å²) < 4.78 is 5.48. The van der Waals surface area contributed by atoms with Crippen LogP contribution in [0.1, 0.15) is 32.3 Å². The van der Waals surface area contributed by atoms with Crippen molar-refractivity contribution in [2.45, 2.75) is 39.3 Å². The largest absolute Gasteiger partial charge is 0.487 e. The predicted molar refractivity (Wildman–Crippen MR) is 78.6 cm³/mol. The lowest BCUT2D eigenvalue weighted by atomic mass is 10.2. The van der Waals surface area contributed by atoms with Crippen LogP contribution in [0.3, 0.4) is 0 Å². The van der Waals surface area contributed by atoms with Gasteiger partial charge in [0.15, 0.2) is 5.75 Å². The van der Waals surface area contributed by atoms with Gasteiger partial charge < -0.3 is 10.1 Å². The number of nitrogens with one attached hydrogen (secondary N) is 1. The number of hydrogen-bond donors (Lipinski definition) is 1. The van der Waals surface area contributed by atoms with Gasteiger partial charge in [-0.25, -0.2) is 0 Å². The Kier molecular flexibility index (Phi) is 6.54. The molecule has 0 saturated carbocycles. The van der Waals surface area contributed by atoms with E-state index in [1.807, 2.05) is 13.8 Å². The first-order valence-corrected chi connectivity index (χ1v) is 6.61. The van der Waals surface area contributed by atoms with Gasteiger partial charge in [-0.3, -0.25) is 10.1 Å². The second-order valence-electron chi connectivity index (χ2n) is 4.75. The highest BCUT2D eigenvalue weighted by Crippen LogP contribution is 2.28. The Bertz CT molecular complexity index is 492. The monoisotopic (exact) mass is 276 g/mol. The van der Waals surface area contributed by atoms with Crippen LogP contribution in [0.2, 0.25) is 0 Å². The van der Waals surface area contributed by atoms with Gasteiger partial charge in [-0.15, -0.1) is 12.3 Å². The third-order valence-corrected chi connectivity index (χ3v) is 2.66. The molecule has 0 aliphatic rings. The number of nitrogens with zero attached hydrogens (tertiary/aromatic N) is 1. The van der Waals surface area contributed by atoms with Crippen LogP contribution in [-0.2, 0) is 6.54 Å². The smallest absolute Gasteiger partial charge is 0.310 e. The molecule has 20 heavy (non-hydrogen) atoms. The number of hydrogen-bond acceptors (Lipinski definition) is 4. The van der Waals surface area contributed by atoms with Crippen LogP contribution in [0.15, 0.2) is 18.2 Å². The zero-order valence-electron chi connectivity index (χ0n) is 11.9. The molecule has 0 heterocycles. The first-order chi connectivity index (χ1) is 9.54. The molecule has 0 saturated heterocycles. The van der Waals surface area contributed by atoms with Crippen LogP contribution < -0.4 is 10.1 Å². The van der Waals surface area contributed by atoms with Crippen molar-refractivity contribution in [3.05, 3.63) is 33.9 Å². The van der Waals surface area contributed by atoms with Gasteiger partial charge in [0.25, 0.3) is 0 Å². The third kappa shape index (κ3) is 5.29. The molecule has 0 atom stereocenters. The predicted octanol–water partition coefficient (Wildman–Crippen LogP) is 2.89. The van der Waals surface area contributed by atoms with E-state index in [1.54, 1.807) is 12.1 Å². The van der Waals surface area contributed by atoms with E-state index in [4.69, 9.17) is 11.2 Å². The molecule has 0 radical (unpaired) electrons. The molecule has 0 amide bonds. The Labute approximate surface area is 119 Å². The molecule has 0 unspecified atom stereocenters. The molecule has 5 nitrogen and oxygen atoms in total. The minimum Gasteiger partial charge on any atom is -0.487 e. The summed E-state index contributed by atoms with van der Waals surface area (Å²) in [5.74, 6) is 2.81. The van der Waals surface area contributed by atoms with Crippen LogP contribution in [0.4, 0.5) is 5.69 Å². The number of nitro benzene ring substituents is 1. The molecule has 1 aromatic carbocycles. The van der Waals surface area contributed by atoms with Crippen LogP contribution in [0.5, 0.6) is 5.75 Å². The zero-order valence-corrected chi connectivity index (χ0v) is 11.9. The van der Waals surface area contributed by atoms with Crippen molar-refractivity contribution in [2.75, 3.05) is 6.61 Å². The van der Waals surface area contributed by atoms with E-state index in [-0.39, 0.29) is 5.69 Å². The van der Waals surface area contributed by atoms with Crippen molar-refractivity contribution in [3.63, 3.8) is 0 Å². The SMILES string of the molecule is C#CCCCOc1cc(CNC(C)C)ccc1[N+](=O)[O-]. The Morgan fingerprint density at radius 3 is 2.85 bits per heavy atom. The van der Waals surface area contributed by atoms with Crippen molar-refractivity contribution >= 4 is 5.69 Å². The van der Waals surface area contributed by atoms with Gasteiger partial charge in [0.05, 0.1) is 11.5 Å². The minimum absolute atomic E-state index is 0.0148. The van der Waals surface area contributed by atoms with Crippen LogP contribution in [0, 0.1) is 22.5 Å². The molecule has 0 spiro atoms. The lowest BCUT2D eigenvalue weighted by molar-refractivity contribution is -0.385. The molecule has 0 aliphatic carbocycles. The zero-order chi connectivity index (χ0) is 15.0. The Balaban J connectivity index is 2.77. The van der Waals surface area contributed by atoms with Crippen molar-refractivity contribution < 1.29 is 9.66 Å². The number of benzene rings is 1. The number of terminal acetylenes is 1. The lowest BCUT2D eigenvalue weighted by Crippen LogP contribution is -2.21. The van der Waals surface area contributed by atoms with E-state index in [0.29, 0.717) is 37.8 Å². The summed E-state index contributed by atoms with van der Waals surface area (Å²) in [6.07, 6.45) is 6.44. The first-order valence-electron chi connectivity index (χ1n) is 6.61. The highest BCUT2D eigenvalue weighted by molar-refractivity contribution is 5.48. The van der Waals surface area contributed by atoms with Crippen molar-refractivity contribution in [1.82, 2.24) is 5.32 Å². The average Bonchev–Trinajstić information content (AvgIpc) is 2.41. The van der Waals surface area contributed by atoms with Crippen molar-refractivity contribution in [2.24, 2.45) is 0 Å². The van der Waals surface area contributed by atoms with E-state index in [2.05, 4.69) is 11.2 Å². The van der Waals surface area contributed by atoms with Crippen LogP contribution in [-0.4, -0.2) is 17.6 Å². The van der Waals surface area contributed by atoms with Gasteiger partial charge in [0, 0.05) is 25.1 Å². The molecule has 1 aromatic rings. The Hall–Kier alpha value is -2.06. The standard InChI is InChI=1S/C15H20N2O3/c1-4-5-6-9-20-15-10-13(11-16-12(2)3)7-8-14(15)17(18)19/h1,7-8,10,12,16H,5-6,9,11H2,2-3H3. The van der Waals surface area contributed by atoms with Crippen molar-refractivity contribution in [1.29, 1.82) is 0 Å². The van der Waals surface area contributed by atoms with E-state index in [1.165, 1.54) is 6.07 Å². The topological polar surface area (TPSA) is 64.4 Å². The second-order valence-corrected chi connectivity index (χ2v) is 4.75. The average molecular weight is 276 g/mol. The quantitative estimate of drug-likeness (QED) is 0.343. The van der Waals surface area contributed by atoms with E-state index in [0.717, 1.165) is 5.56 Å². The summed E-state index contributed by atoms with van der Waals surface area (Å²) in [6, 6.07) is 5.28. The third-order valence-electron chi connectivity index (χ3n) is 2.66. The molecule has 5 heteroatoms. The van der Waals surface area contributed by atoms with Gasteiger partial charge in [0.1, 0.15) is 0 Å². The number of nitro groups is 1. The minimum atomic E-state index is -0.434. The van der Waals surface area contributed by atoms with Gasteiger partial charge in [-0.2, -0.15) is 0 Å². The Morgan fingerprint density at radius 1 is 1.50 bits per heavy atom. The molecule has 0 aromatic heterocycles. The summed E-state index contributed by atoms with van der Waals surface area (Å²) in [5.41, 5.74) is 0.940. The van der Waals surface area contributed by atoms with E-state index >= 15 is 0 Å². The maximum Gasteiger partial charge on any atom is 0.310 e. The molecule has 1 rings (SSSR count). The molecular weight excluding hydrogens is 256 g/mol. The fourth-order valence-corrected chi connectivity index (χ4v) is 1.61. The maximum atomic E-state index is 11.0. The summed E-state index contributed by atoms with van der Waals surface area (Å²) in [6.45, 7) is 5.12. The van der Waals surface area contributed by atoms with Gasteiger partial charge in [0.2, 0.25) is 0 Å². The summed E-state index contributed by atoms with van der Waals surface area (Å²) in [4.78, 5) is 10.5. The highest BCUT2D eigenvalue weighted by Gasteiger charge is 2.15. The molecule has 1 N–H and O–H groups in total. The molecule has 0 aliphatic heterocycles. The van der Waals surface area contributed by atoms with Crippen LogP contribution in [0.25, 0.3) is 0 Å². The fraction of sp³-hybridized carbons (Fsp3) is 0.467. The first kappa shape index (κ1) is 16.0. The van der Waals surface area contributed by atoms with E-state index in [9.17, 15) is 10.1 Å². The lowest BCUT2D eigenvalue weighted by Gasteiger charge is -2.10. The van der Waals surface area contributed by atoms with Crippen LogP contribution >= 0.6 is 0 Å². The van der Waals surface area contributed by atoms with Crippen molar-refractivity contribution in [3.8, 4) is 18.1 Å². The fourth-order valence-electron chi connectivity index (χ4n) is 1.61. The second kappa shape index (κ2) is 8.18. The van der Waals surface area contributed by atoms with Gasteiger partial charge >= 0.3 is 5.69 Å². The molecular formula is C15H20N2O3. The molecule has 108 valence electrons.